The summed E-state index contributed by atoms with van der Waals surface area (Å²) in [4.78, 5) is 18.5. The Morgan fingerprint density at radius 3 is 3.20 bits per heavy atom. The third-order valence-electron chi connectivity index (χ3n) is 2.09. The van der Waals surface area contributed by atoms with E-state index in [0.29, 0.717) is 12.2 Å². The number of carbonyl (C=O) groups excluding carboxylic acids is 1. The Morgan fingerprint density at radius 2 is 2.40 bits per heavy atom. The lowest BCUT2D eigenvalue weighted by Crippen LogP contribution is -2.05. The number of carbonyl (C=O) groups is 1. The normalized spacial score (nSPS) is 10.5. The van der Waals surface area contributed by atoms with Crippen LogP contribution in [0.3, 0.4) is 0 Å². The van der Waals surface area contributed by atoms with E-state index in [1.54, 1.807) is 24.5 Å². The summed E-state index contributed by atoms with van der Waals surface area (Å²) >= 11 is 0. The molecule has 0 saturated carbocycles. The molecule has 0 fully saturated rings. The van der Waals surface area contributed by atoms with Crippen molar-refractivity contribution >= 4 is 17.0 Å². The lowest BCUT2D eigenvalue weighted by molar-refractivity contribution is 0.0505. The van der Waals surface area contributed by atoms with Crippen LogP contribution < -0.4 is 0 Å². The molecule has 0 bridgehead atoms. The van der Waals surface area contributed by atoms with Gasteiger partial charge in [-0.05, 0) is 24.6 Å². The zero-order chi connectivity index (χ0) is 10.7. The summed E-state index contributed by atoms with van der Waals surface area (Å²) in [6, 6.07) is 5.27. The van der Waals surface area contributed by atoms with Crippen LogP contribution in [0.1, 0.15) is 23.7 Å². The van der Waals surface area contributed by atoms with Crippen molar-refractivity contribution < 1.29 is 9.53 Å². The molecule has 0 saturated heterocycles. The van der Waals surface area contributed by atoms with Crippen LogP contribution in [0, 0.1) is 0 Å². The Hall–Kier alpha value is -1.84. The van der Waals surface area contributed by atoms with E-state index >= 15 is 0 Å². The van der Waals surface area contributed by atoms with Gasteiger partial charge in [-0.25, -0.2) is 9.78 Å². The Bertz CT molecular complexity index is 476. The Balaban J connectivity index is 2.23. The van der Waals surface area contributed by atoms with Gasteiger partial charge in [0.15, 0.2) is 0 Å². The van der Waals surface area contributed by atoms with Gasteiger partial charge in [-0.2, -0.15) is 0 Å². The number of nitrogens with one attached hydrogen (secondary N) is 1. The maximum Gasteiger partial charge on any atom is 0.338 e. The summed E-state index contributed by atoms with van der Waals surface area (Å²) in [5.41, 5.74) is 2.25. The Kier molecular flexibility index (Phi) is 2.67. The lowest BCUT2D eigenvalue weighted by atomic mass is 10.2. The molecule has 0 aliphatic heterocycles. The highest BCUT2D eigenvalue weighted by Gasteiger charge is 2.07. The van der Waals surface area contributed by atoms with Crippen molar-refractivity contribution in [2.45, 2.75) is 13.3 Å². The first-order chi connectivity index (χ1) is 7.31. The number of H-pyrrole nitrogens is 1. The summed E-state index contributed by atoms with van der Waals surface area (Å²) in [5, 5.41) is 0. The summed E-state index contributed by atoms with van der Waals surface area (Å²) in [7, 11) is 0. The molecule has 2 rings (SSSR count). The molecule has 4 heteroatoms. The van der Waals surface area contributed by atoms with Crippen LogP contribution >= 0.6 is 0 Å². The maximum atomic E-state index is 11.5. The topological polar surface area (TPSA) is 55.0 Å². The molecule has 78 valence electrons. The van der Waals surface area contributed by atoms with Crippen LogP contribution in [0.2, 0.25) is 0 Å². The Morgan fingerprint density at radius 1 is 1.53 bits per heavy atom. The van der Waals surface area contributed by atoms with Crippen LogP contribution in [0.4, 0.5) is 0 Å². The molecule has 1 heterocycles. The van der Waals surface area contributed by atoms with Gasteiger partial charge < -0.3 is 9.72 Å². The number of benzene rings is 1. The summed E-state index contributed by atoms with van der Waals surface area (Å²) < 4.78 is 5.03. The lowest BCUT2D eigenvalue weighted by Gasteiger charge is -2.02. The summed E-state index contributed by atoms with van der Waals surface area (Å²) in [5.74, 6) is -0.284. The van der Waals surface area contributed by atoms with Gasteiger partial charge in [-0.15, -0.1) is 0 Å². The molecule has 0 amide bonds. The van der Waals surface area contributed by atoms with Crippen molar-refractivity contribution in [1.29, 1.82) is 0 Å². The molecule has 2 aromatic rings. The van der Waals surface area contributed by atoms with Gasteiger partial charge in [0.2, 0.25) is 0 Å². The van der Waals surface area contributed by atoms with E-state index in [2.05, 4.69) is 9.97 Å². The molecule has 4 nitrogen and oxygen atoms in total. The molecule has 1 aromatic heterocycles. The van der Waals surface area contributed by atoms with Gasteiger partial charge in [0, 0.05) is 0 Å². The quantitative estimate of drug-likeness (QED) is 0.779. The Labute approximate surface area is 87.3 Å². The van der Waals surface area contributed by atoms with Gasteiger partial charge in [-0.3, -0.25) is 0 Å². The minimum Gasteiger partial charge on any atom is -0.462 e. The van der Waals surface area contributed by atoms with Crippen molar-refractivity contribution in [3.63, 3.8) is 0 Å². The number of nitrogens with zero attached hydrogens (tertiary/aromatic N) is 1. The molecular formula is C11H12N2O2. The van der Waals surface area contributed by atoms with Gasteiger partial charge in [0.05, 0.1) is 29.5 Å². The van der Waals surface area contributed by atoms with Crippen molar-refractivity contribution in [2.75, 3.05) is 6.61 Å². The first-order valence-electron chi connectivity index (χ1n) is 4.91. The zero-order valence-corrected chi connectivity index (χ0v) is 8.49. The number of imidazole rings is 1. The number of hydrogen-bond acceptors (Lipinski definition) is 3. The predicted octanol–water partition coefficient (Wildman–Crippen LogP) is 2.13. The van der Waals surface area contributed by atoms with Gasteiger partial charge >= 0.3 is 5.97 Å². The molecule has 0 spiro atoms. The molecule has 15 heavy (non-hydrogen) atoms. The fourth-order valence-corrected chi connectivity index (χ4v) is 1.34. The van der Waals surface area contributed by atoms with E-state index < -0.39 is 0 Å². The highest BCUT2D eigenvalue weighted by atomic mass is 16.5. The predicted molar refractivity (Wildman–Crippen MR) is 56.7 cm³/mol. The third-order valence-corrected chi connectivity index (χ3v) is 2.09. The van der Waals surface area contributed by atoms with Crippen molar-refractivity contribution in [3.8, 4) is 0 Å². The standard InChI is InChI=1S/C11H12N2O2/c1-2-5-15-11(14)8-3-4-9-10(6-8)13-7-12-9/h3-4,6-7H,2,5H2,1H3,(H,12,13). The number of aromatic nitrogens is 2. The molecule has 0 radical (unpaired) electrons. The van der Waals surface area contributed by atoms with E-state index in [-0.39, 0.29) is 5.97 Å². The van der Waals surface area contributed by atoms with Crippen LogP contribution in [-0.2, 0) is 4.74 Å². The van der Waals surface area contributed by atoms with Crippen LogP contribution in [0.15, 0.2) is 24.5 Å². The van der Waals surface area contributed by atoms with E-state index in [1.807, 2.05) is 6.92 Å². The second-order valence-corrected chi connectivity index (χ2v) is 3.27. The SMILES string of the molecule is CCCOC(=O)c1ccc2nc[nH]c2c1. The molecule has 1 aromatic carbocycles. The average molecular weight is 204 g/mol. The number of hydrogen-bond donors (Lipinski definition) is 1. The number of rotatable bonds is 3. The largest absolute Gasteiger partial charge is 0.462 e. The molecular weight excluding hydrogens is 192 g/mol. The summed E-state index contributed by atoms with van der Waals surface area (Å²) in [6.45, 7) is 2.42. The molecule has 1 N–H and O–H groups in total. The van der Waals surface area contributed by atoms with Gasteiger partial charge in [0.25, 0.3) is 0 Å². The molecule has 0 atom stereocenters. The van der Waals surface area contributed by atoms with E-state index in [1.165, 1.54) is 0 Å². The van der Waals surface area contributed by atoms with Crippen LogP contribution in [0.5, 0.6) is 0 Å². The summed E-state index contributed by atoms with van der Waals surface area (Å²) in [6.07, 6.45) is 2.43. The highest BCUT2D eigenvalue weighted by Crippen LogP contribution is 2.12. The molecule has 0 aliphatic rings. The van der Waals surface area contributed by atoms with E-state index in [0.717, 1.165) is 17.5 Å². The fraction of sp³-hybridized carbons (Fsp3) is 0.273. The van der Waals surface area contributed by atoms with Crippen LogP contribution in [-0.4, -0.2) is 22.5 Å². The monoisotopic (exact) mass is 204 g/mol. The van der Waals surface area contributed by atoms with Gasteiger partial charge in [0.1, 0.15) is 0 Å². The first-order valence-corrected chi connectivity index (χ1v) is 4.91. The molecule has 0 unspecified atom stereocenters. The van der Waals surface area contributed by atoms with Crippen LogP contribution in [0.25, 0.3) is 11.0 Å². The average Bonchev–Trinajstić information content (AvgIpc) is 2.72. The van der Waals surface area contributed by atoms with Crippen molar-refractivity contribution in [3.05, 3.63) is 30.1 Å². The second-order valence-electron chi connectivity index (χ2n) is 3.27. The highest BCUT2D eigenvalue weighted by molar-refractivity contribution is 5.93. The van der Waals surface area contributed by atoms with Crippen molar-refractivity contribution in [2.24, 2.45) is 0 Å². The number of esters is 1. The number of ether oxygens (including phenoxy) is 1. The maximum absolute atomic E-state index is 11.5. The number of aromatic amines is 1. The third kappa shape index (κ3) is 1.98. The van der Waals surface area contributed by atoms with E-state index in [4.69, 9.17) is 4.74 Å². The van der Waals surface area contributed by atoms with Crippen molar-refractivity contribution in [1.82, 2.24) is 9.97 Å². The number of fused-ring (bicyclic) bond motifs is 1. The first kappa shape index (κ1) is 9.71. The second kappa shape index (κ2) is 4.13. The van der Waals surface area contributed by atoms with E-state index in [9.17, 15) is 4.79 Å². The fourth-order valence-electron chi connectivity index (χ4n) is 1.34. The smallest absolute Gasteiger partial charge is 0.338 e. The van der Waals surface area contributed by atoms with Gasteiger partial charge in [-0.1, -0.05) is 6.92 Å². The zero-order valence-electron chi connectivity index (χ0n) is 8.49. The molecule has 0 aliphatic carbocycles. The minimum absolute atomic E-state index is 0.284. The minimum atomic E-state index is -0.284.